The van der Waals surface area contributed by atoms with E-state index in [1.54, 1.807) is 6.20 Å². The van der Waals surface area contributed by atoms with Gasteiger partial charge in [0.2, 0.25) is 0 Å². The fourth-order valence-corrected chi connectivity index (χ4v) is 1.76. The van der Waals surface area contributed by atoms with E-state index in [-0.39, 0.29) is 18.3 Å². The molecule has 2 heterocycles. The van der Waals surface area contributed by atoms with Crippen LogP contribution in [0, 0.1) is 0 Å². The minimum atomic E-state index is -0.250. The topological polar surface area (TPSA) is 31.4 Å². The fourth-order valence-electron chi connectivity index (χ4n) is 1.76. The third kappa shape index (κ3) is 2.13. The normalized spacial score (nSPS) is 22.4. The maximum atomic E-state index is 5.92. The number of rotatable bonds is 2. The molecule has 4 heteroatoms. The average Bonchev–Trinajstić information content (AvgIpc) is 2.36. The van der Waals surface area contributed by atoms with Gasteiger partial charge in [0.05, 0.1) is 11.2 Å². The Morgan fingerprint density at radius 3 is 2.31 bits per heavy atom. The lowest BCUT2D eigenvalue weighted by Crippen LogP contribution is -2.41. The fraction of sp³-hybridized carbons (Fsp3) is 0.583. The SMILES string of the molecule is CC1(C)OB(Cc2cccnc2)OC1(C)C. The largest absolute Gasteiger partial charge is 0.462 e. The molecule has 1 aliphatic heterocycles. The second-order valence-corrected chi connectivity index (χ2v) is 5.25. The molecule has 1 fully saturated rings. The monoisotopic (exact) mass is 219 g/mol. The van der Waals surface area contributed by atoms with E-state index in [1.807, 2.05) is 18.3 Å². The first-order valence-electron chi connectivity index (χ1n) is 5.65. The molecule has 0 bridgehead atoms. The Bertz CT molecular complexity index is 349. The Hall–Kier alpha value is -0.865. The predicted molar refractivity (Wildman–Crippen MR) is 64.0 cm³/mol. The lowest BCUT2D eigenvalue weighted by Gasteiger charge is -2.32. The van der Waals surface area contributed by atoms with Crippen LogP contribution in [-0.2, 0) is 15.6 Å². The van der Waals surface area contributed by atoms with E-state index >= 15 is 0 Å². The smallest absolute Gasteiger partial charge is 0.403 e. The van der Waals surface area contributed by atoms with Crippen molar-refractivity contribution in [3.05, 3.63) is 30.1 Å². The van der Waals surface area contributed by atoms with Crippen molar-refractivity contribution in [3.8, 4) is 0 Å². The summed E-state index contributed by atoms with van der Waals surface area (Å²) in [5.41, 5.74) is 0.640. The van der Waals surface area contributed by atoms with Crippen molar-refractivity contribution < 1.29 is 9.31 Å². The second kappa shape index (κ2) is 3.86. The summed E-state index contributed by atoms with van der Waals surface area (Å²) >= 11 is 0. The number of aromatic nitrogens is 1. The van der Waals surface area contributed by atoms with Crippen LogP contribution >= 0.6 is 0 Å². The van der Waals surface area contributed by atoms with E-state index in [9.17, 15) is 0 Å². The standard InChI is InChI=1S/C12H18BNO2/c1-11(2)12(3,4)16-13(15-11)8-10-6-5-7-14-9-10/h5-7,9H,8H2,1-4H3. The summed E-state index contributed by atoms with van der Waals surface area (Å²) in [7, 11) is -0.172. The van der Waals surface area contributed by atoms with E-state index in [4.69, 9.17) is 9.31 Å². The van der Waals surface area contributed by atoms with Crippen LogP contribution in [0.5, 0.6) is 0 Å². The van der Waals surface area contributed by atoms with E-state index in [1.165, 1.54) is 0 Å². The predicted octanol–water partition coefficient (Wildman–Crippen LogP) is 2.26. The van der Waals surface area contributed by atoms with Crippen molar-refractivity contribution in [2.45, 2.75) is 45.2 Å². The van der Waals surface area contributed by atoms with Crippen LogP contribution in [0.1, 0.15) is 33.3 Å². The van der Waals surface area contributed by atoms with E-state index in [2.05, 4.69) is 32.7 Å². The summed E-state index contributed by atoms with van der Waals surface area (Å²) in [6.45, 7) is 8.26. The molecule has 1 aromatic rings. The molecular weight excluding hydrogens is 201 g/mol. The van der Waals surface area contributed by atoms with Crippen molar-refractivity contribution >= 4 is 7.12 Å². The molecule has 0 atom stereocenters. The molecule has 0 unspecified atom stereocenters. The van der Waals surface area contributed by atoms with Crippen LogP contribution in [-0.4, -0.2) is 23.3 Å². The van der Waals surface area contributed by atoms with Gasteiger partial charge in [-0.2, -0.15) is 0 Å². The molecule has 0 radical (unpaired) electrons. The molecule has 0 aliphatic carbocycles. The number of hydrogen-bond acceptors (Lipinski definition) is 3. The van der Waals surface area contributed by atoms with Crippen LogP contribution in [0.25, 0.3) is 0 Å². The van der Waals surface area contributed by atoms with Crippen molar-refractivity contribution in [1.82, 2.24) is 4.98 Å². The van der Waals surface area contributed by atoms with Gasteiger partial charge in [-0.1, -0.05) is 6.07 Å². The molecule has 1 aliphatic rings. The highest BCUT2D eigenvalue weighted by Crippen LogP contribution is 2.37. The summed E-state index contributed by atoms with van der Waals surface area (Å²) in [4.78, 5) is 4.09. The van der Waals surface area contributed by atoms with Gasteiger partial charge in [0.15, 0.2) is 0 Å². The minimum absolute atomic E-state index is 0.172. The first kappa shape index (κ1) is 11.6. The van der Waals surface area contributed by atoms with E-state index in [0.717, 1.165) is 11.9 Å². The summed E-state index contributed by atoms with van der Waals surface area (Å²) < 4.78 is 11.8. The summed E-state index contributed by atoms with van der Waals surface area (Å²) in [5.74, 6) is 0. The average molecular weight is 219 g/mol. The highest BCUT2D eigenvalue weighted by molar-refractivity contribution is 6.45. The van der Waals surface area contributed by atoms with Gasteiger partial charge in [0.1, 0.15) is 0 Å². The Morgan fingerprint density at radius 1 is 1.19 bits per heavy atom. The molecule has 0 N–H and O–H groups in total. The van der Waals surface area contributed by atoms with Gasteiger partial charge in [0.25, 0.3) is 0 Å². The zero-order chi connectivity index (χ0) is 11.8. The maximum Gasteiger partial charge on any atom is 0.462 e. The Kier molecular flexibility index (Phi) is 2.80. The van der Waals surface area contributed by atoms with Crippen LogP contribution in [0.15, 0.2) is 24.5 Å². The van der Waals surface area contributed by atoms with Gasteiger partial charge >= 0.3 is 7.12 Å². The summed E-state index contributed by atoms with van der Waals surface area (Å²) in [6.07, 6.45) is 4.37. The van der Waals surface area contributed by atoms with Gasteiger partial charge < -0.3 is 9.31 Å². The maximum absolute atomic E-state index is 5.92. The summed E-state index contributed by atoms with van der Waals surface area (Å²) in [6, 6.07) is 3.97. The van der Waals surface area contributed by atoms with Gasteiger partial charge in [0, 0.05) is 18.7 Å². The van der Waals surface area contributed by atoms with Crippen LogP contribution < -0.4 is 0 Å². The number of nitrogens with zero attached hydrogens (tertiary/aromatic N) is 1. The molecule has 3 nitrogen and oxygen atoms in total. The van der Waals surface area contributed by atoms with Crippen molar-refractivity contribution in [2.75, 3.05) is 0 Å². The molecule has 2 rings (SSSR count). The Morgan fingerprint density at radius 2 is 1.81 bits per heavy atom. The quantitative estimate of drug-likeness (QED) is 0.715. The van der Waals surface area contributed by atoms with E-state index in [0.29, 0.717) is 0 Å². The molecule has 0 amide bonds. The molecule has 16 heavy (non-hydrogen) atoms. The highest BCUT2D eigenvalue weighted by atomic mass is 16.7. The Balaban J connectivity index is 2.05. The molecule has 0 saturated carbocycles. The molecular formula is C12H18BNO2. The molecule has 0 aromatic carbocycles. The number of hydrogen-bond donors (Lipinski definition) is 0. The molecule has 1 saturated heterocycles. The third-order valence-electron chi connectivity index (χ3n) is 3.43. The zero-order valence-electron chi connectivity index (χ0n) is 10.4. The lowest BCUT2D eigenvalue weighted by molar-refractivity contribution is 0.00578. The van der Waals surface area contributed by atoms with Gasteiger partial charge in [-0.15, -0.1) is 0 Å². The minimum Gasteiger partial charge on any atom is -0.403 e. The summed E-state index contributed by atoms with van der Waals surface area (Å²) in [5, 5.41) is 0. The van der Waals surface area contributed by atoms with Crippen molar-refractivity contribution in [3.63, 3.8) is 0 Å². The van der Waals surface area contributed by atoms with Crippen LogP contribution in [0.3, 0.4) is 0 Å². The molecule has 1 aromatic heterocycles. The third-order valence-corrected chi connectivity index (χ3v) is 3.43. The second-order valence-electron chi connectivity index (χ2n) is 5.25. The van der Waals surface area contributed by atoms with Gasteiger partial charge in [-0.25, -0.2) is 0 Å². The molecule has 0 spiro atoms. The van der Waals surface area contributed by atoms with Crippen molar-refractivity contribution in [1.29, 1.82) is 0 Å². The molecule has 86 valence electrons. The van der Waals surface area contributed by atoms with E-state index < -0.39 is 0 Å². The highest BCUT2D eigenvalue weighted by Gasteiger charge is 2.50. The van der Waals surface area contributed by atoms with Gasteiger partial charge in [-0.05, 0) is 39.3 Å². The lowest BCUT2D eigenvalue weighted by atomic mass is 9.81. The number of pyridine rings is 1. The first-order chi connectivity index (χ1) is 7.41. The first-order valence-corrected chi connectivity index (χ1v) is 5.65. The van der Waals surface area contributed by atoms with Crippen molar-refractivity contribution in [2.24, 2.45) is 0 Å². The zero-order valence-corrected chi connectivity index (χ0v) is 10.4. The van der Waals surface area contributed by atoms with Gasteiger partial charge in [-0.3, -0.25) is 4.98 Å². The Labute approximate surface area is 97.3 Å². The van der Waals surface area contributed by atoms with Crippen LogP contribution in [0.4, 0.5) is 0 Å². The van der Waals surface area contributed by atoms with Crippen LogP contribution in [0.2, 0.25) is 0 Å².